The van der Waals surface area contributed by atoms with Crippen molar-refractivity contribution >= 4 is 22.6 Å². The van der Waals surface area contributed by atoms with Crippen molar-refractivity contribution in [2.24, 2.45) is 0 Å². The Kier molecular flexibility index (Phi) is 3.65. The van der Waals surface area contributed by atoms with Crippen LogP contribution in [0.5, 0.6) is 0 Å². The summed E-state index contributed by atoms with van der Waals surface area (Å²) in [4.78, 5) is 0. The van der Waals surface area contributed by atoms with Gasteiger partial charge in [0.25, 0.3) is 6.71 Å². The third-order valence-corrected chi connectivity index (χ3v) is 3.81. The molecule has 1 nitrogen and oxygen atoms in total. The molecule has 4 heteroatoms. The van der Waals surface area contributed by atoms with Gasteiger partial charge in [0, 0.05) is 10.4 Å². The summed E-state index contributed by atoms with van der Waals surface area (Å²) in [5.74, 6) is 2.46. The number of nitrogens with zero attached hydrogens (tertiary/aromatic N) is 1. The van der Waals surface area contributed by atoms with Gasteiger partial charge >= 0.3 is 0 Å². The molecule has 0 saturated carbocycles. The largest absolute Gasteiger partial charge is 0.267 e. The second kappa shape index (κ2) is 5.01. The van der Waals surface area contributed by atoms with Crippen LogP contribution in [0.2, 0.25) is 12.6 Å². The molecule has 1 aliphatic heterocycles. The summed E-state index contributed by atoms with van der Waals surface area (Å²) >= 11 is 3.26. The second-order valence-corrected chi connectivity index (χ2v) is 5.26. The molecular weight excluding hydrogens is 268 g/mol. The Balaban J connectivity index is 2.12. The van der Waals surface area contributed by atoms with E-state index in [1.54, 1.807) is 0 Å². The lowest BCUT2D eigenvalue weighted by Gasteiger charge is -2.23. The van der Waals surface area contributed by atoms with Crippen molar-refractivity contribution < 1.29 is 4.39 Å². The topological polar surface area (TPSA) is 23.8 Å². The maximum atomic E-state index is 13.7. The summed E-state index contributed by atoms with van der Waals surface area (Å²) in [7, 11) is 0. The van der Waals surface area contributed by atoms with E-state index in [1.807, 2.05) is 12.1 Å². The van der Waals surface area contributed by atoms with Crippen molar-refractivity contribution in [2.75, 3.05) is 0 Å². The lowest BCUT2D eigenvalue weighted by molar-refractivity contribution is 0.545. The highest BCUT2D eigenvalue weighted by atomic mass is 79.9. The predicted molar refractivity (Wildman–Crippen MR) is 67.1 cm³/mol. The van der Waals surface area contributed by atoms with Crippen LogP contribution in [0.15, 0.2) is 22.7 Å². The smallest absolute Gasteiger partial charge is 0.213 e. The molecule has 0 unspecified atom stereocenters. The molecule has 0 aromatic heterocycles. The van der Waals surface area contributed by atoms with E-state index in [2.05, 4.69) is 21.9 Å². The fraction of sp³-hybridized carbons (Fsp3) is 0.417. The maximum Gasteiger partial charge on any atom is 0.267 e. The second-order valence-electron chi connectivity index (χ2n) is 4.34. The number of nitriles is 1. The van der Waals surface area contributed by atoms with Crippen molar-refractivity contribution in [3.8, 4) is 5.97 Å². The van der Waals surface area contributed by atoms with E-state index in [0.29, 0.717) is 0 Å². The lowest BCUT2D eigenvalue weighted by Crippen LogP contribution is -2.19. The number of hydrogen-bond donors (Lipinski definition) is 0. The quantitative estimate of drug-likeness (QED) is 0.712. The summed E-state index contributed by atoms with van der Waals surface area (Å²) in [5, 5.41) is 8.81. The molecule has 16 heavy (non-hydrogen) atoms. The van der Waals surface area contributed by atoms with Crippen molar-refractivity contribution in [1.29, 1.82) is 5.26 Å². The first-order valence-corrected chi connectivity index (χ1v) is 6.34. The zero-order chi connectivity index (χ0) is 11.5. The van der Waals surface area contributed by atoms with Crippen LogP contribution in [0.1, 0.15) is 24.3 Å². The molecule has 1 aromatic carbocycles. The fourth-order valence-electron chi connectivity index (χ4n) is 2.37. The normalized spacial score (nSPS) is 17.2. The minimum atomic E-state index is -0.130. The van der Waals surface area contributed by atoms with E-state index in [0.717, 1.165) is 35.5 Å². The maximum absolute atomic E-state index is 13.7. The molecule has 0 aliphatic carbocycles. The van der Waals surface area contributed by atoms with Crippen LogP contribution in [0, 0.1) is 17.0 Å². The van der Waals surface area contributed by atoms with E-state index >= 15 is 0 Å². The van der Waals surface area contributed by atoms with Gasteiger partial charge in [0.15, 0.2) is 0 Å². The molecule has 82 valence electrons. The third-order valence-electron chi connectivity index (χ3n) is 3.31. The highest BCUT2D eigenvalue weighted by Crippen LogP contribution is 2.35. The van der Waals surface area contributed by atoms with Crippen molar-refractivity contribution in [1.82, 2.24) is 0 Å². The van der Waals surface area contributed by atoms with Gasteiger partial charge in [-0.05, 0) is 23.6 Å². The average Bonchev–Trinajstić information content (AvgIpc) is 2.29. The number of rotatable bonds is 1. The Hall–Kier alpha value is -0.815. The van der Waals surface area contributed by atoms with E-state index < -0.39 is 0 Å². The molecular formula is C12H12BBrFN. The fourth-order valence-corrected chi connectivity index (χ4v) is 2.70. The Morgan fingerprint density at radius 3 is 2.62 bits per heavy atom. The zero-order valence-electron chi connectivity index (χ0n) is 8.92. The van der Waals surface area contributed by atoms with Gasteiger partial charge in [0.05, 0.1) is 0 Å². The summed E-state index contributed by atoms with van der Waals surface area (Å²) in [6, 6.07) is 5.26. The van der Waals surface area contributed by atoms with Gasteiger partial charge in [0.1, 0.15) is 5.82 Å². The SMILES string of the molecule is N#CB1CCC(c2ccc(Br)cc2F)CC1. The van der Waals surface area contributed by atoms with E-state index in [-0.39, 0.29) is 18.4 Å². The molecule has 2 rings (SSSR count). The molecule has 0 N–H and O–H groups in total. The first-order chi connectivity index (χ1) is 7.70. The van der Waals surface area contributed by atoms with Crippen molar-refractivity contribution in [3.05, 3.63) is 34.1 Å². The highest BCUT2D eigenvalue weighted by Gasteiger charge is 2.26. The molecule has 0 amide bonds. The standard InChI is InChI=1S/C12H12BBrFN/c14-10-1-2-11(12(15)7-10)9-3-5-13(8-16)6-4-9/h1-2,7,9H,3-6H2. The molecule has 0 radical (unpaired) electrons. The Bertz CT molecular complexity index is 422. The van der Waals surface area contributed by atoms with Crippen LogP contribution in [-0.4, -0.2) is 6.71 Å². The van der Waals surface area contributed by atoms with Crippen LogP contribution < -0.4 is 0 Å². The first-order valence-electron chi connectivity index (χ1n) is 5.55. The number of hydrogen-bond acceptors (Lipinski definition) is 1. The Morgan fingerprint density at radius 1 is 1.38 bits per heavy atom. The van der Waals surface area contributed by atoms with Crippen LogP contribution >= 0.6 is 15.9 Å². The predicted octanol–water partition coefficient (Wildman–Crippen LogP) is 4.02. The third kappa shape index (κ3) is 2.46. The van der Waals surface area contributed by atoms with Crippen molar-refractivity contribution in [2.45, 2.75) is 31.4 Å². The van der Waals surface area contributed by atoms with Gasteiger partial charge in [-0.15, -0.1) is 0 Å². The summed E-state index contributed by atoms with van der Waals surface area (Å²) in [6.45, 7) is 0.176. The molecule has 0 bridgehead atoms. The van der Waals surface area contributed by atoms with Crippen LogP contribution in [0.3, 0.4) is 0 Å². The minimum Gasteiger partial charge on any atom is -0.213 e. The summed E-state index contributed by atoms with van der Waals surface area (Å²) in [6.07, 6.45) is 3.65. The van der Waals surface area contributed by atoms with E-state index in [9.17, 15) is 4.39 Å². The van der Waals surface area contributed by atoms with Crippen LogP contribution in [0.25, 0.3) is 0 Å². The number of halogens is 2. The van der Waals surface area contributed by atoms with Gasteiger partial charge in [0.2, 0.25) is 0 Å². The molecule has 1 fully saturated rings. The van der Waals surface area contributed by atoms with Gasteiger partial charge < -0.3 is 0 Å². The molecule has 0 atom stereocenters. The van der Waals surface area contributed by atoms with Crippen LogP contribution in [0.4, 0.5) is 4.39 Å². The zero-order valence-corrected chi connectivity index (χ0v) is 10.5. The molecule has 1 heterocycles. The lowest BCUT2D eigenvalue weighted by atomic mass is 9.41. The van der Waals surface area contributed by atoms with Gasteiger partial charge in [-0.1, -0.05) is 47.5 Å². The number of benzene rings is 1. The minimum absolute atomic E-state index is 0.130. The first kappa shape index (κ1) is 11.7. The highest BCUT2D eigenvalue weighted by molar-refractivity contribution is 9.10. The molecule has 0 spiro atoms. The Morgan fingerprint density at radius 2 is 2.06 bits per heavy atom. The summed E-state index contributed by atoms with van der Waals surface area (Å²) in [5.41, 5.74) is 0.805. The monoisotopic (exact) mass is 279 g/mol. The van der Waals surface area contributed by atoms with Gasteiger partial charge in [-0.3, -0.25) is 0 Å². The molecule has 1 saturated heterocycles. The van der Waals surface area contributed by atoms with Crippen LogP contribution in [-0.2, 0) is 0 Å². The van der Waals surface area contributed by atoms with Gasteiger partial charge in [-0.2, -0.15) is 0 Å². The molecule has 1 aliphatic rings. The Labute approximate surface area is 104 Å². The van der Waals surface area contributed by atoms with E-state index in [1.165, 1.54) is 6.07 Å². The van der Waals surface area contributed by atoms with E-state index in [4.69, 9.17) is 5.26 Å². The van der Waals surface area contributed by atoms with Crippen molar-refractivity contribution in [3.63, 3.8) is 0 Å². The summed E-state index contributed by atoms with van der Waals surface area (Å²) < 4.78 is 14.5. The average molecular weight is 280 g/mol. The van der Waals surface area contributed by atoms with Gasteiger partial charge in [-0.25, -0.2) is 9.65 Å². The molecule has 1 aromatic rings.